The maximum atomic E-state index is 13.9. The Morgan fingerprint density at radius 2 is 1.95 bits per heavy atom. The average molecular weight is 259 g/mol. The van der Waals surface area contributed by atoms with Gasteiger partial charge in [-0.05, 0) is 44.2 Å². The summed E-state index contributed by atoms with van der Waals surface area (Å²) in [5, 5.41) is 3.02. The van der Waals surface area contributed by atoms with Gasteiger partial charge in [0.05, 0.1) is 0 Å². The minimum absolute atomic E-state index is 0.297. The minimum Gasteiger partial charge on any atom is -0.454 e. The minimum atomic E-state index is -0.339. The van der Waals surface area contributed by atoms with Crippen LogP contribution in [0.3, 0.4) is 0 Å². The normalized spacial score (nSPS) is 10.5. The van der Waals surface area contributed by atoms with Crippen LogP contribution in [0, 0.1) is 19.7 Å². The van der Waals surface area contributed by atoms with Gasteiger partial charge in [0.1, 0.15) is 5.75 Å². The summed E-state index contributed by atoms with van der Waals surface area (Å²) in [5.74, 6) is 0.654. The summed E-state index contributed by atoms with van der Waals surface area (Å²) in [7, 11) is 1.83. The van der Waals surface area contributed by atoms with E-state index >= 15 is 0 Å². The first-order valence-electron chi connectivity index (χ1n) is 6.29. The molecule has 0 saturated heterocycles. The van der Waals surface area contributed by atoms with E-state index in [-0.39, 0.29) is 5.82 Å². The molecule has 1 N–H and O–H groups in total. The van der Waals surface area contributed by atoms with Crippen LogP contribution in [0.25, 0.3) is 0 Å². The van der Waals surface area contributed by atoms with E-state index < -0.39 is 0 Å². The van der Waals surface area contributed by atoms with Crippen molar-refractivity contribution < 1.29 is 9.13 Å². The van der Waals surface area contributed by atoms with Crippen molar-refractivity contribution in [2.75, 3.05) is 7.05 Å². The molecule has 0 spiro atoms. The molecule has 100 valence electrons. The third-order valence-corrected chi connectivity index (χ3v) is 2.97. The third kappa shape index (κ3) is 3.12. The maximum absolute atomic E-state index is 13.9. The van der Waals surface area contributed by atoms with E-state index in [0.717, 1.165) is 16.7 Å². The van der Waals surface area contributed by atoms with Gasteiger partial charge in [-0.25, -0.2) is 4.39 Å². The fraction of sp³-hybridized carbons (Fsp3) is 0.250. The number of hydrogen-bond donors (Lipinski definition) is 1. The molecule has 0 saturated carbocycles. The van der Waals surface area contributed by atoms with E-state index in [4.69, 9.17) is 4.74 Å². The highest BCUT2D eigenvalue weighted by molar-refractivity contribution is 5.43. The summed E-state index contributed by atoms with van der Waals surface area (Å²) in [6.45, 7) is 4.51. The van der Waals surface area contributed by atoms with Crippen LogP contribution in [0.4, 0.5) is 4.39 Å². The molecule has 0 unspecified atom stereocenters. The molecular formula is C16H18FNO. The predicted octanol–water partition coefficient (Wildman–Crippen LogP) is 3.95. The van der Waals surface area contributed by atoms with E-state index in [1.54, 1.807) is 6.07 Å². The Morgan fingerprint density at radius 1 is 1.16 bits per heavy atom. The Labute approximate surface area is 113 Å². The topological polar surface area (TPSA) is 21.3 Å². The number of hydrogen-bond acceptors (Lipinski definition) is 2. The van der Waals surface area contributed by atoms with Crippen LogP contribution in [-0.2, 0) is 6.54 Å². The van der Waals surface area contributed by atoms with E-state index in [1.165, 1.54) is 6.07 Å². The van der Waals surface area contributed by atoms with E-state index in [2.05, 4.69) is 5.32 Å². The van der Waals surface area contributed by atoms with Crippen molar-refractivity contribution in [2.45, 2.75) is 20.4 Å². The van der Waals surface area contributed by atoms with Gasteiger partial charge in [-0.3, -0.25) is 0 Å². The first-order chi connectivity index (χ1) is 9.11. The van der Waals surface area contributed by atoms with Gasteiger partial charge in [0.2, 0.25) is 0 Å². The molecule has 2 rings (SSSR count). The van der Waals surface area contributed by atoms with E-state index in [0.29, 0.717) is 18.0 Å². The van der Waals surface area contributed by atoms with Crippen LogP contribution in [0.15, 0.2) is 36.4 Å². The molecular weight excluding hydrogens is 241 g/mol. The number of aryl methyl sites for hydroxylation is 2. The lowest BCUT2D eigenvalue weighted by molar-refractivity contribution is 0.432. The third-order valence-electron chi connectivity index (χ3n) is 2.97. The summed E-state index contributed by atoms with van der Waals surface area (Å²) < 4.78 is 19.7. The fourth-order valence-corrected chi connectivity index (χ4v) is 1.92. The van der Waals surface area contributed by atoms with Crippen molar-refractivity contribution in [2.24, 2.45) is 0 Å². The number of rotatable bonds is 4. The van der Waals surface area contributed by atoms with E-state index in [9.17, 15) is 4.39 Å². The summed E-state index contributed by atoms with van der Waals surface area (Å²) in [4.78, 5) is 0. The summed E-state index contributed by atoms with van der Waals surface area (Å²) >= 11 is 0. The van der Waals surface area contributed by atoms with Crippen LogP contribution in [0.5, 0.6) is 11.5 Å². The Morgan fingerprint density at radius 3 is 2.68 bits per heavy atom. The molecule has 0 fully saturated rings. The Balaban J connectivity index is 2.39. The largest absolute Gasteiger partial charge is 0.454 e. The fourth-order valence-electron chi connectivity index (χ4n) is 1.92. The van der Waals surface area contributed by atoms with Crippen LogP contribution >= 0.6 is 0 Å². The second-order valence-electron chi connectivity index (χ2n) is 4.63. The number of halogens is 1. The van der Waals surface area contributed by atoms with Crippen LogP contribution in [-0.4, -0.2) is 7.05 Å². The Kier molecular flexibility index (Phi) is 4.17. The molecule has 2 aromatic carbocycles. The molecule has 2 nitrogen and oxygen atoms in total. The highest BCUT2D eigenvalue weighted by atomic mass is 19.1. The molecule has 19 heavy (non-hydrogen) atoms. The van der Waals surface area contributed by atoms with Gasteiger partial charge in [-0.1, -0.05) is 24.3 Å². The molecule has 0 radical (unpaired) electrons. The average Bonchev–Trinajstić information content (AvgIpc) is 2.38. The zero-order valence-corrected chi connectivity index (χ0v) is 11.5. The van der Waals surface area contributed by atoms with Crippen molar-refractivity contribution in [3.05, 3.63) is 58.9 Å². The second-order valence-corrected chi connectivity index (χ2v) is 4.63. The van der Waals surface area contributed by atoms with Crippen molar-refractivity contribution in [3.8, 4) is 11.5 Å². The molecule has 3 heteroatoms. The number of para-hydroxylation sites is 1. The monoisotopic (exact) mass is 259 g/mol. The van der Waals surface area contributed by atoms with E-state index in [1.807, 2.05) is 45.2 Å². The van der Waals surface area contributed by atoms with Gasteiger partial charge in [0, 0.05) is 12.1 Å². The predicted molar refractivity (Wildman–Crippen MR) is 75.2 cm³/mol. The summed E-state index contributed by atoms with van der Waals surface area (Å²) in [5.41, 5.74) is 2.89. The number of benzene rings is 2. The van der Waals surface area contributed by atoms with Crippen molar-refractivity contribution in [1.82, 2.24) is 5.32 Å². The molecule has 0 atom stereocenters. The molecule has 0 aliphatic rings. The lowest BCUT2D eigenvalue weighted by Crippen LogP contribution is -2.07. The van der Waals surface area contributed by atoms with Crippen LogP contribution in [0.1, 0.15) is 16.7 Å². The second kappa shape index (κ2) is 5.85. The number of ether oxygens (including phenoxy) is 1. The maximum Gasteiger partial charge on any atom is 0.167 e. The van der Waals surface area contributed by atoms with Crippen molar-refractivity contribution in [3.63, 3.8) is 0 Å². The van der Waals surface area contributed by atoms with Gasteiger partial charge in [-0.15, -0.1) is 0 Å². The zero-order chi connectivity index (χ0) is 13.8. The molecule has 0 bridgehead atoms. The quantitative estimate of drug-likeness (QED) is 0.897. The highest BCUT2D eigenvalue weighted by Gasteiger charge is 2.11. The SMILES string of the molecule is CNCc1cccc(F)c1Oc1cc(C)ccc1C. The Hall–Kier alpha value is -1.87. The molecule has 0 heterocycles. The van der Waals surface area contributed by atoms with Crippen molar-refractivity contribution >= 4 is 0 Å². The molecule has 0 aliphatic carbocycles. The van der Waals surface area contributed by atoms with Crippen LogP contribution < -0.4 is 10.1 Å². The highest BCUT2D eigenvalue weighted by Crippen LogP contribution is 2.31. The first kappa shape index (κ1) is 13.6. The van der Waals surface area contributed by atoms with Gasteiger partial charge in [-0.2, -0.15) is 0 Å². The molecule has 0 aromatic heterocycles. The molecule has 2 aromatic rings. The molecule has 0 aliphatic heterocycles. The van der Waals surface area contributed by atoms with Gasteiger partial charge < -0.3 is 10.1 Å². The first-order valence-corrected chi connectivity index (χ1v) is 6.29. The number of nitrogens with one attached hydrogen (secondary N) is 1. The van der Waals surface area contributed by atoms with Gasteiger partial charge >= 0.3 is 0 Å². The summed E-state index contributed by atoms with van der Waals surface area (Å²) in [6.07, 6.45) is 0. The van der Waals surface area contributed by atoms with Gasteiger partial charge in [0.15, 0.2) is 11.6 Å². The van der Waals surface area contributed by atoms with Crippen molar-refractivity contribution in [1.29, 1.82) is 0 Å². The molecule has 0 amide bonds. The van der Waals surface area contributed by atoms with Gasteiger partial charge in [0.25, 0.3) is 0 Å². The zero-order valence-electron chi connectivity index (χ0n) is 11.5. The summed E-state index contributed by atoms with van der Waals surface area (Å²) in [6, 6.07) is 10.9. The lowest BCUT2D eigenvalue weighted by Gasteiger charge is -2.14. The lowest BCUT2D eigenvalue weighted by atomic mass is 10.1. The Bertz CT molecular complexity index is 581. The smallest absolute Gasteiger partial charge is 0.167 e. The standard InChI is InChI=1S/C16H18FNO/c1-11-7-8-12(2)15(9-11)19-16-13(10-18-3)5-4-6-14(16)17/h4-9,18H,10H2,1-3H3. The van der Waals surface area contributed by atoms with Crippen LogP contribution in [0.2, 0.25) is 0 Å².